The highest BCUT2D eigenvalue weighted by molar-refractivity contribution is 7.80. The maximum absolute atomic E-state index is 5.72. The molecule has 0 amide bonds. The normalized spacial score (nSPS) is 17.9. The summed E-state index contributed by atoms with van der Waals surface area (Å²) in [7, 11) is 0. The van der Waals surface area contributed by atoms with E-state index in [2.05, 4.69) is 36.9 Å². The smallest absolute Gasteiger partial charge is 0.0759 e. The molecule has 1 fully saturated rings. The van der Waals surface area contributed by atoms with Gasteiger partial charge in [0.05, 0.1) is 4.99 Å². The molecule has 1 aromatic carbocycles. The average Bonchev–Trinajstić information content (AvgIpc) is 2.28. The van der Waals surface area contributed by atoms with Crippen LogP contribution >= 0.6 is 12.2 Å². The molecule has 1 aliphatic heterocycles. The molecule has 1 aliphatic rings. The number of thiocarbonyl (C=S) groups is 1. The zero-order valence-electron chi connectivity index (χ0n) is 11.3. The number of nitrogens with two attached hydrogens (primary N) is 1. The van der Waals surface area contributed by atoms with Crippen LogP contribution in [0.15, 0.2) is 18.2 Å². The van der Waals surface area contributed by atoms with Gasteiger partial charge in [0.1, 0.15) is 0 Å². The largest absolute Gasteiger partial charge is 0.393 e. The molecule has 0 aliphatic carbocycles. The van der Waals surface area contributed by atoms with Crippen LogP contribution in [0.4, 0.5) is 0 Å². The molecule has 2 N–H and O–H groups in total. The Bertz CT molecular complexity index is 414. The molecule has 0 aromatic heterocycles. The molecular formula is C15H22N2S. The van der Waals surface area contributed by atoms with Crippen LogP contribution in [0.5, 0.6) is 0 Å². The Kier molecular flexibility index (Phi) is 4.36. The predicted octanol–water partition coefficient (Wildman–Crippen LogP) is 2.80. The van der Waals surface area contributed by atoms with Crippen LogP contribution in [0.3, 0.4) is 0 Å². The Hall–Kier alpha value is -0.930. The van der Waals surface area contributed by atoms with Crippen molar-refractivity contribution in [2.45, 2.75) is 33.2 Å². The van der Waals surface area contributed by atoms with Crippen molar-refractivity contribution in [2.75, 3.05) is 13.1 Å². The Morgan fingerprint density at radius 2 is 1.78 bits per heavy atom. The minimum Gasteiger partial charge on any atom is -0.393 e. The Balaban J connectivity index is 1.93. The van der Waals surface area contributed by atoms with Crippen LogP contribution in [0, 0.1) is 19.8 Å². The second-order valence-corrected chi connectivity index (χ2v) is 5.92. The van der Waals surface area contributed by atoms with Gasteiger partial charge in [-0.1, -0.05) is 41.5 Å². The van der Waals surface area contributed by atoms with E-state index in [0.29, 0.717) is 10.9 Å². The monoisotopic (exact) mass is 262 g/mol. The molecule has 2 rings (SSSR count). The van der Waals surface area contributed by atoms with Crippen LogP contribution in [-0.2, 0) is 6.54 Å². The molecule has 0 spiro atoms. The third-order valence-corrected chi connectivity index (χ3v) is 4.01. The molecule has 1 aromatic rings. The molecule has 1 saturated heterocycles. The van der Waals surface area contributed by atoms with Crippen molar-refractivity contribution < 1.29 is 0 Å². The Morgan fingerprint density at radius 3 is 2.28 bits per heavy atom. The van der Waals surface area contributed by atoms with Crippen LogP contribution in [0.1, 0.15) is 29.5 Å². The number of rotatable bonds is 3. The van der Waals surface area contributed by atoms with Crippen molar-refractivity contribution in [3.05, 3.63) is 34.9 Å². The number of hydrogen-bond acceptors (Lipinski definition) is 2. The quantitative estimate of drug-likeness (QED) is 0.849. The van der Waals surface area contributed by atoms with Crippen LogP contribution in [0.2, 0.25) is 0 Å². The van der Waals surface area contributed by atoms with E-state index in [1.807, 2.05) is 0 Å². The van der Waals surface area contributed by atoms with E-state index in [1.54, 1.807) is 0 Å². The highest BCUT2D eigenvalue weighted by Gasteiger charge is 2.20. The average molecular weight is 262 g/mol. The topological polar surface area (TPSA) is 29.3 Å². The van der Waals surface area contributed by atoms with E-state index in [4.69, 9.17) is 18.0 Å². The number of benzene rings is 1. The molecular weight excluding hydrogens is 240 g/mol. The van der Waals surface area contributed by atoms with Gasteiger partial charge in [-0.3, -0.25) is 4.90 Å². The molecule has 0 atom stereocenters. The second-order valence-electron chi connectivity index (χ2n) is 5.45. The molecule has 98 valence electrons. The van der Waals surface area contributed by atoms with Gasteiger partial charge in [0.25, 0.3) is 0 Å². The Morgan fingerprint density at radius 1 is 1.22 bits per heavy atom. The molecule has 0 radical (unpaired) electrons. The van der Waals surface area contributed by atoms with Crippen LogP contribution in [0.25, 0.3) is 0 Å². The van der Waals surface area contributed by atoms with Gasteiger partial charge in [0.2, 0.25) is 0 Å². The number of piperidine rings is 1. The summed E-state index contributed by atoms with van der Waals surface area (Å²) in [6, 6.07) is 6.79. The molecule has 1 heterocycles. The van der Waals surface area contributed by atoms with E-state index in [9.17, 15) is 0 Å². The van der Waals surface area contributed by atoms with E-state index in [-0.39, 0.29) is 0 Å². The van der Waals surface area contributed by atoms with E-state index in [0.717, 1.165) is 32.5 Å². The Labute approximate surface area is 115 Å². The van der Waals surface area contributed by atoms with Crippen molar-refractivity contribution in [3.8, 4) is 0 Å². The van der Waals surface area contributed by atoms with Crippen molar-refractivity contribution in [1.82, 2.24) is 4.90 Å². The summed E-state index contributed by atoms with van der Waals surface area (Å²) in [5.74, 6) is 0.454. The molecule has 0 unspecified atom stereocenters. The molecule has 0 saturated carbocycles. The zero-order chi connectivity index (χ0) is 13.1. The van der Waals surface area contributed by atoms with E-state index >= 15 is 0 Å². The first-order valence-electron chi connectivity index (χ1n) is 6.63. The zero-order valence-corrected chi connectivity index (χ0v) is 12.1. The minimum absolute atomic E-state index is 0.454. The number of hydrogen-bond donors (Lipinski definition) is 1. The van der Waals surface area contributed by atoms with Crippen molar-refractivity contribution in [1.29, 1.82) is 0 Å². The van der Waals surface area contributed by atoms with Gasteiger partial charge in [-0.15, -0.1) is 0 Å². The summed E-state index contributed by atoms with van der Waals surface area (Å²) in [4.78, 5) is 3.20. The summed E-state index contributed by atoms with van der Waals surface area (Å²) >= 11 is 5.08. The van der Waals surface area contributed by atoms with Crippen molar-refractivity contribution in [2.24, 2.45) is 11.7 Å². The molecule has 3 heteroatoms. The third-order valence-electron chi connectivity index (χ3n) is 3.68. The maximum atomic E-state index is 5.72. The summed E-state index contributed by atoms with van der Waals surface area (Å²) in [6.07, 6.45) is 2.22. The van der Waals surface area contributed by atoms with Gasteiger partial charge in [-0.25, -0.2) is 0 Å². The summed E-state index contributed by atoms with van der Waals surface area (Å²) in [5.41, 5.74) is 9.84. The van der Waals surface area contributed by atoms with Gasteiger partial charge in [0.15, 0.2) is 0 Å². The fraction of sp³-hybridized carbons (Fsp3) is 0.533. The summed E-state index contributed by atoms with van der Waals surface area (Å²) in [5, 5.41) is 0. The highest BCUT2D eigenvalue weighted by Crippen LogP contribution is 2.20. The highest BCUT2D eigenvalue weighted by atomic mass is 32.1. The van der Waals surface area contributed by atoms with Crippen molar-refractivity contribution in [3.63, 3.8) is 0 Å². The second kappa shape index (κ2) is 5.81. The molecule has 0 bridgehead atoms. The van der Waals surface area contributed by atoms with Gasteiger partial charge in [0, 0.05) is 12.5 Å². The van der Waals surface area contributed by atoms with Gasteiger partial charge < -0.3 is 5.73 Å². The third kappa shape index (κ3) is 3.53. The van der Waals surface area contributed by atoms with Gasteiger partial charge >= 0.3 is 0 Å². The van der Waals surface area contributed by atoms with Crippen LogP contribution in [-0.4, -0.2) is 23.0 Å². The standard InChI is InChI=1S/C15H22N2S/c1-11-7-12(2)9-13(8-11)10-17-5-3-14(4-6-17)15(16)18/h7-9,14H,3-6,10H2,1-2H3,(H2,16,18). The van der Waals surface area contributed by atoms with E-state index < -0.39 is 0 Å². The fourth-order valence-corrected chi connectivity index (χ4v) is 3.03. The number of nitrogens with zero attached hydrogens (tertiary/aromatic N) is 1. The fourth-order valence-electron chi connectivity index (χ4n) is 2.79. The molecule has 18 heavy (non-hydrogen) atoms. The van der Waals surface area contributed by atoms with E-state index in [1.165, 1.54) is 16.7 Å². The number of likely N-dealkylation sites (tertiary alicyclic amines) is 1. The van der Waals surface area contributed by atoms with Crippen LogP contribution < -0.4 is 5.73 Å². The van der Waals surface area contributed by atoms with Crippen molar-refractivity contribution >= 4 is 17.2 Å². The first-order valence-corrected chi connectivity index (χ1v) is 7.04. The summed E-state index contributed by atoms with van der Waals surface area (Å²) in [6.45, 7) is 7.59. The first kappa shape index (κ1) is 13.5. The van der Waals surface area contributed by atoms with Gasteiger partial charge in [-0.2, -0.15) is 0 Å². The lowest BCUT2D eigenvalue weighted by Gasteiger charge is -2.31. The lowest BCUT2D eigenvalue weighted by atomic mass is 9.96. The lowest BCUT2D eigenvalue weighted by Crippen LogP contribution is -2.37. The maximum Gasteiger partial charge on any atom is 0.0759 e. The molecule has 2 nitrogen and oxygen atoms in total. The predicted molar refractivity (Wildman–Crippen MR) is 80.7 cm³/mol. The SMILES string of the molecule is Cc1cc(C)cc(CN2CCC(C(N)=S)CC2)c1. The summed E-state index contributed by atoms with van der Waals surface area (Å²) < 4.78 is 0. The lowest BCUT2D eigenvalue weighted by molar-refractivity contribution is 0.202. The first-order chi connectivity index (χ1) is 8.54. The van der Waals surface area contributed by atoms with Gasteiger partial charge in [-0.05, 0) is 45.3 Å². The number of aryl methyl sites for hydroxylation is 2. The minimum atomic E-state index is 0.454.